The van der Waals surface area contributed by atoms with Gasteiger partial charge >= 0.3 is 0 Å². The van der Waals surface area contributed by atoms with Crippen LogP contribution in [0.2, 0.25) is 0 Å². The standard InChI is InChI=1S/C15H23FN2O/c1-9-10(2)19-11(3)15(9)14(18-17)8-12-5-4-6-13(16)7-12/h4-7,9-11,14-15,18H,8,17H2,1-3H3. The van der Waals surface area contributed by atoms with E-state index in [1.807, 2.05) is 6.07 Å². The highest BCUT2D eigenvalue weighted by Gasteiger charge is 2.41. The highest BCUT2D eigenvalue weighted by atomic mass is 19.1. The molecule has 0 amide bonds. The number of hydrogen-bond donors (Lipinski definition) is 2. The molecule has 0 aromatic heterocycles. The lowest BCUT2D eigenvalue weighted by atomic mass is 9.81. The molecule has 3 nitrogen and oxygen atoms in total. The van der Waals surface area contributed by atoms with E-state index in [9.17, 15) is 4.39 Å². The van der Waals surface area contributed by atoms with E-state index in [1.54, 1.807) is 12.1 Å². The SMILES string of the molecule is CC1OC(C)C(C(Cc2cccc(F)c2)NN)C1C. The molecule has 106 valence electrons. The van der Waals surface area contributed by atoms with Crippen LogP contribution in [0.25, 0.3) is 0 Å². The van der Waals surface area contributed by atoms with Crippen LogP contribution in [0, 0.1) is 17.7 Å². The zero-order valence-corrected chi connectivity index (χ0v) is 11.8. The van der Waals surface area contributed by atoms with Gasteiger partial charge in [0.25, 0.3) is 0 Å². The van der Waals surface area contributed by atoms with Crippen molar-refractivity contribution >= 4 is 0 Å². The maximum Gasteiger partial charge on any atom is 0.123 e. The molecule has 5 unspecified atom stereocenters. The van der Waals surface area contributed by atoms with E-state index in [1.165, 1.54) is 6.07 Å². The van der Waals surface area contributed by atoms with Crippen LogP contribution >= 0.6 is 0 Å². The number of benzene rings is 1. The minimum Gasteiger partial charge on any atom is -0.375 e. The van der Waals surface area contributed by atoms with Crippen LogP contribution in [0.15, 0.2) is 24.3 Å². The lowest BCUT2D eigenvalue weighted by Crippen LogP contribution is -2.46. The van der Waals surface area contributed by atoms with E-state index < -0.39 is 0 Å². The molecular formula is C15H23FN2O. The number of rotatable bonds is 4. The number of hydrazine groups is 1. The summed E-state index contributed by atoms with van der Waals surface area (Å²) in [4.78, 5) is 0. The summed E-state index contributed by atoms with van der Waals surface area (Å²) in [7, 11) is 0. The smallest absolute Gasteiger partial charge is 0.123 e. The van der Waals surface area contributed by atoms with Gasteiger partial charge in [-0.3, -0.25) is 11.3 Å². The molecule has 19 heavy (non-hydrogen) atoms. The van der Waals surface area contributed by atoms with E-state index in [4.69, 9.17) is 10.6 Å². The number of nitrogens with two attached hydrogens (primary N) is 1. The Balaban J connectivity index is 2.12. The third kappa shape index (κ3) is 3.14. The summed E-state index contributed by atoms with van der Waals surface area (Å²) in [5.41, 5.74) is 3.85. The first-order chi connectivity index (χ1) is 9.02. The van der Waals surface area contributed by atoms with Crippen molar-refractivity contribution in [2.75, 3.05) is 0 Å². The van der Waals surface area contributed by atoms with Gasteiger partial charge in [0.2, 0.25) is 0 Å². The van der Waals surface area contributed by atoms with Crippen LogP contribution in [0.1, 0.15) is 26.3 Å². The highest BCUT2D eigenvalue weighted by Crippen LogP contribution is 2.35. The van der Waals surface area contributed by atoms with Crippen LogP contribution in [-0.2, 0) is 11.2 Å². The van der Waals surface area contributed by atoms with Crippen LogP contribution in [0.4, 0.5) is 4.39 Å². The average molecular weight is 266 g/mol. The zero-order valence-electron chi connectivity index (χ0n) is 11.8. The third-order valence-electron chi connectivity index (χ3n) is 4.34. The first-order valence-electron chi connectivity index (χ1n) is 6.89. The molecule has 0 bridgehead atoms. The Kier molecular flexibility index (Phi) is 4.55. The highest BCUT2D eigenvalue weighted by molar-refractivity contribution is 5.18. The van der Waals surface area contributed by atoms with E-state index in [0.717, 1.165) is 5.56 Å². The Hall–Kier alpha value is -0.970. The van der Waals surface area contributed by atoms with Crippen molar-refractivity contribution < 1.29 is 9.13 Å². The summed E-state index contributed by atoms with van der Waals surface area (Å²) >= 11 is 0. The van der Waals surface area contributed by atoms with Gasteiger partial charge in [-0.05, 0) is 43.9 Å². The van der Waals surface area contributed by atoms with Crippen LogP contribution < -0.4 is 11.3 Å². The Morgan fingerprint density at radius 2 is 2.05 bits per heavy atom. The van der Waals surface area contributed by atoms with Crippen LogP contribution in [0.5, 0.6) is 0 Å². The second-order valence-corrected chi connectivity index (χ2v) is 5.59. The van der Waals surface area contributed by atoms with Gasteiger partial charge in [-0.1, -0.05) is 19.1 Å². The molecular weight excluding hydrogens is 243 g/mol. The minimum absolute atomic E-state index is 0.0942. The van der Waals surface area contributed by atoms with Crippen molar-refractivity contribution in [2.45, 2.75) is 45.4 Å². The monoisotopic (exact) mass is 266 g/mol. The van der Waals surface area contributed by atoms with E-state index in [-0.39, 0.29) is 24.1 Å². The lowest BCUT2D eigenvalue weighted by molar-refractivity contribution is 0.0476. The Morgan fingerprint density at radius 3 is 2.58 bits per heavy atom. The second-order valence-electron chi connectivity index (χ2n) is 5.59. The summed E-state index contributed by atoms with van der Waals surface area (Å²) < 4.78 is 19.1. The Morgan fingerprint density at radius 1 is 1.32 bits per heavy atom. The lowest BCUT2D eigenvalue weighted by Gasteiger charge is -2.28. The summed E-state index contributed by atoms with van der Waals surface area (Å²) in [6, 6.07) is 6.79. The molecule has 1 aliphatic rings. The van der Waals surface area contributed by atoms with Gasteiger partial charge in [0.05, 0.1) is 12.2 Å². The minimum atomic E-state index is -0.203. The van der Waals surface area contributed by atoms with Crippen molar-refractivity contribution in [2.24, 2.45) is 17.7 Å². The topological polar surface area (TPSA) is 47.3 Å². The van der Waals surface area contributed by atoms with Crippen LogP contribution in [-0.4, -0.2) is 18.2 Å². The third-order valence-corrected chi connectivity index (χ3v) is 4.34. The Labute approximate surface area is 114 Å². The fourth-order valence-corrected chi connectivity index (χ4v) is 3.21. The predicted molar refractivity (Wildman–Crippen MR) is 73.9 cm³/mol. The predicted octanol–water partition coefficient (Wildman–Crippen LogP) is 2.26. The molecule has 1 aromatic carbocycles. The molecule has 3 N–H and O–H groups in total. The first kappa shape index (κ1) is 14.4. The molecule has 5 atom stereocenters. The maximum absolute atomic E-state index is 13.2. The molecule has 0 aliphatic carbocycles. The van der Waals surface area contributed by atoms with Gasteiger partial charge in [0, 0.05) is 12.0 Å². The molecule has 0 saturated carbocycles. The number of nitrogens with one attached hydrogen (secondary N) is 1. The average Bonchev–Trinajstić information content (AvgIpc) is 2.61. The molecule has 0 spiro atoms. The van der Waals surface area contributed by atoms with Gasteiger partial charge < -0.3 is 4.74 Å². The van der Waals surface area contributed by atoms with Gasteiger partial charge in [-0.25, -0.2) is 4.39 Å². The molecule has 1 aliphatic heterocycles. The molecule has 2 rings (SSSR count). The number of ether oxygens (including phenoxy) is 1. The molecule has 1 saturated heterocycles. The van der Waals surface area contributed by atoms with Gasteiger partial charge in [0.1, 0.15) is 5.82 Å². The Bertz CT molecular complexity index is 426. The quantitative estimate of drug-likeness (QED) is 0.649. The normalized spacial score (nSPS) is 32.5. The van der Waals surface area contributed by atoms with Crippen molar-refractivity contribution in [1.29, 1.82) is 0 Å². The van der Waals surface area contributed by atoms with E-state index in [2.05, 4.69) is 26.2 Å². The van der Waals surface area contributed by atoms with Gasteiger partial charge in [0.15, 0.2) is 0 Å². The van der Waals surface area contributed by atoms with E-state index in [0.29, 0.717) is 18.3 Å². The molecule has 1 aromatic rings. The number of hydrogen-bond acceptors (Lipinski definition) is 3. The summed E-state index contributed by atoms with van der Waals surface area (Å²) in [6.45, 7) is 6.37. The van der Waals surface area contributed by atoms with Crippen LogP contribution in [0.3, 0.4) is 0 Å². The molecule has 1 heterocycles. The van der Waals surface area contributed by atoms with Crippen molar-refractivity contribution in [1.82, 2.24) is 5.43 Å². The maximum atomic E-state index is 13.2. The fraction of sp³-hybridized carbons (Fsp3) is 0.600. The van der Waals surface area contributed by atoms with Crippen molar-refractivity contribution in [3.8, 4) is 0 Å². The summed E-state index contributed by atoms with van der Waals surface area (Å²) in [5, 5.41) is 0. The summed E-state index contributed by atoms with van der Waals surface area (Å²) in [5.74, 6) is 6.28. The van der Waals surface area contributed by atoms with Gasteiger partial charge in [-0.2, -0.15) is 0 Å². The number of halogens is 1. The zero-order chi connectivity index (χ0) is 14.0. The molecule has 4 heteroatoms. The fourth-order valence-electron chi connectivity index (χ4n) is 3.21. The molecule has 1 fully saturated rings. The van der Waals surface area contributed by atoms with Crippen molar-refractivity contribution in [3.63, 3.8) is 0 Å². The van der Waals surface area contributed by atoms with E-state index >= 15 is 0 Å². The first-order valence-corrected chi connectivity index (χ1v) is 6.89. The van der Waals surface area contributed by atoms with Gasteiger partial charge in [-0.15, -0.1) is 0 Å². The second kappa shape index (κ2) is 5.99. The van der Waals surface area contributed by atoms with Crippen molar-refractivity contribution in [3.05, 3.63) is 35.6 Å². The molecule has 0 radical (unpaired) electrons. The summed E-state index contributed by atoms with van der Waals surface area (Å²) in [6.07, 6.45) is 1.12. The largest absolute Gasteiger partial charge is 0.375 e.